The van der Waals surface area contributed by atoms with Crippen LogP contribution in [-0.2, 0) is 11.3 Å². The molecule has 0 radical (unpaired) electrons. The third kappa shape index (κ3) is 4.37. The molecule has 1 amide bonds. The number of amides is 1. The Morgan fingerprint density at radius 2 is 1.94 bits per heavy atom. The van der Waals surface area contributed by atoms with Crippen molar-refractivity contribution in [2.45, 2.75) is 38.1 Å². The molecule has 0 spiro atoms. The molecule has 3 heteroatoms. The molecule has 0 heterocycles. The summed E-state index contributed by atoms with van der Waals surface area (Å²) in [7, 11) is 1.89. The Labute approximate surface area is 115 Å². The molecule has 0 fully saturated rings. The molecule has 1 aromatic carbocycles. The second kappa shape index (κ2) is 7.47. The number of nitrogens with zero attached hydrogens (tertiary/aromatic N) is 1. The Morgan fingerprint density at radius 1 is 1.33 bits per heavy atom. The smallest absolute Gasteiger partial charge is 0.225 e. The fourth-order valence-corrected chi connectivity index (χ4v) is 2.42. The van der Waals surface area contributed by atoms with Crippen molar-refractivity contribution in [3.8, 4) is 0 Å². The number of hydrogen-bond acceptors (Lipinski definition) is 2. The summed E-state index contributed by atoms with van der Waals surface area (Å²) < 4.78 is 0. The van der Waals surface area contributed by atoms with Gasteiger partial charge in [-0.15, -0.1) is 11.8 Å². The maximum absolute atomic E-state index is 12.1. The van der Waals surface area contributed by atoms with E-state index in [2.05, 4.69) is 37.4 Å². The molecule has 0 aliphatic heterocycles. The van der Waals surface area contributed by atoms with Gasteiger partial charge in [0.25, 0.3) is 0 Å². The normalized spacial score (nSPS) is 12.2. The zero-order valence-electron chi connectivity index (χ0n) is 11.8. The van der Waals surface area contributed by atoms with Gasteiger partial charge < -0.3 is 4.90 Å². The highest BCUT2D eigenvalue weighted by molar-refractivity contribution is 7.98. The van der Waals surface area contributed by atoms with Gasteiger partial charge in [-0.25, -0.2) is 0 Å². The molecular formula is C15H23NOS. The molecule has 1 aromatic rings. The van der Waals surface area contributed by atoms with Gasteiger partial charge >= 0.3 is 0 Å². The zero-order valence-corrected chi connectivity index (χ0v) is 12.6. The summed E-state index contributed by atoms with van der Waals surface area (Å²) in [6.07, 6.45) is 4.09. The first-order chi connectivity index (χ1) is 8.58. The van der Waals surface area contributed by atoms with Crippen molar-refractivity contribution in [3.63, 3.8) is 0 Å². The van der Waals surface area contributed by atoms with Gasteiger partial charge in [-0.3, -0.25) is 4.79 Å². The van der Waals surface area contributed by atoms with Crippen LogP contribution in [0.2, 0.25) is 0 Å². The summed E-state index contributed by atoms with van der Waals surface area (Å²) in [5.41, 5.74) is 1.19. The minimum absolute atomic E-state index is 0.130. The van der Waals surface area contributed by atoms with Crippen LogP contribution in [0.25, 0.3) is 0 Å². The Morgan fingerprint density at radius 3 is 2.44 bits per heavy atom. The molecule has 1 atom stereocenters. The molecule has 0 saturated heterocycles. The third-order valence-corrected chi connectivity index (χ3v) is 3.84. The molecule has 100 valence electrons. The summed E-state index contributed by atoms with van der Waals surface area (Å²) in [6, 6.07) is 8.40. The van der Waals surface area contributed by atoms with Crippen LogP contribution in [0.15, 0.2) is 29.2 Å². The van der Waals surface area contributed by atoms with Crippen molar-refractivity contribution in [2.75, 3.05) is 13.3 Å². The maximum Gasteiger partial charge on any atom is 0.225 e. The maximum atomic E-state index is 12.1. The largest absolute Gasteiger partial charge is 0.341 e. The molecule has 0 aliphatic rings. The van der Waals surface area contributed by atoms with Crippen molar-refractivity contribution in [3.05, 3.63) is 29.8 Å². The predicted octanol–water partition coefficient (Wildman–Crippen LogP) is 3.80. The number of carbonyl (C=O) groups is 1. The van der Waals surface area contributed by atoms with Crippen LogP contribution in [0.4, 0.5) is 0 Å². The summed E-state index contributed by atoms with van der Waals surface area (Å²) >= 11 is 1.73. The van der Waals surface area contributed by atoms with Crippen molar-refractivity contribution in [2.24, 2.45) is 5.92 Å². The average Bonchev–Trinajstić information content (AvgIpc) is 2.39. The summed E-state index contributed by atoms with van der Waals surface area (Å²) in [4.78, 5) is 15.2. The SMILES string of the molecule is CCCC(C)C(=O)N(C)Cc1ccc(SC)cc1. The zero-order chi connectivity index (χ0) is 13.5. The highest BCUT2D eigenvalue weighted by atomic mass is 32.2. The molecule has 0 saturated carbocycles. The third-order valence-electron chi connectivity index (χ3n) is 3.10. The lowest BCUT2D eigenvalue weighted by Gasteiger charge is -2.21. The number of benzene rings is 1. The number of thioether (sulfide) groups is 1. The molecule has 0 aliphatic carbocycles. The highest BCUT2D eigenvalue weighted by Gasteiger charge is 2.16. The van der Waals surface area contributed by atoms with Gasteiger partial charge in [0.15, 0.2) is 0 Å². The van der Waals surface area contributed by atoms with Gasteiger partial charge in [-0.05, 0) is 30.4 Å². The lowest BCUT2D eigenvalue weighted by Crippen LogP contribution is -2.31. The topological polar surface area (TPSA) is 20.3 Å². The van der Waals surface area contributed by atoms with Crippen molar-refractivity contribution >= 4 is 17.7 Å². The van der Waals surface area contributed by atoms with Crippen LogP contribution < -0.4 is 0 Å². The summed E-state index contributed by atoms with van der Waals surface area (Å²) in [5.74, 6) is 0.372. The molecule has 2 nitrogen and oxygen atoms in total. The first-order valence-electron chi connectivity index (χ1n) is 6.46. The van der Waals surface area contributed by atoms with Gasteiger partial charge in [0, 0.05) is 24.4 Å². The molecule has 1 unspecified atom stereocenters. The van der Waals surface area contributed by atoms with Crippen LogP contribution in [0.5, 0.6) is 0 Å². The second-order valence-corrected chi connectivity index (χ2v) is 5.61. The first-order valence-corrected chi connectivity index (χ1v) is 7.68. The Balaban J connectivity index is 2.57. The van der Waals surface area contributed by atoms with E-state index in [0.717, 1.165) is 12.8 Å². The minimum atomic E-state index is 0.130. The quantitative estimate of drug-likeness (QED) is 0.729. The fraction of sp³-hybridized carbons (Fsp3) is 0.533. The van der Waals surface area contributed by atoms with Crippen molar-refractivity contribution < 1.29 is 4.79 Å². The number of carbonyl (C=O) groups excluding carboxylic acids is 1. The molecule has 0 aromatic heterocycles. The van der Waals surface area contributed by atoms with Crippen LogP contribution in [-0.4, -0.2) is 24.1 Å². The fourth-order valence-electron chi connectivity index (χ4n) is 2.02. The molecule has 1 rings (SSSR count). The van der Waals surface area contributed by atoms with E-state index >= 15 is 0 Å². The van der Waals surface area contributed by atoms with Crippen LogP contribution in [0, 0.1) is 5.92 Å². The van der Waals surface area contributed by atoms with E-state index in [9.17, 15) is 4.79 Å². The highest BCUT2D eigenvalue weighted by Crippen LogP contribution is 2.16. The monoisotopic (exact) mass is 265 g/mol. The minimum Gasteiger partial charge on any atom is -0.341 e. The Kier molecular flexibility index (Phi) is 6.27. The molecule has 18 heavy (non-hydrogen) atoms. The van der Waals surface area contributed by atoms with Crippen LogP contribution in [0.1, 0.15) is 32.3 Å². The van der Waals surface area contributed by atoms with Gasteiger partial charge in [-0.2, -0.15) is 0 Å². The lowest BCUT2D eigenvalue weighted by molar-refractivity contribution is -0.134. The van der Waals surface area contributed by atoms with Crippen LogP contribution in [0.3, 0.4) is 0 Å². The van der Waals surface area contributed by atoms with E-state index in [1.165, 1.54) is 10.5 Å². The Bertz CT molecular complexity index is 375. The molecule has 0 N–H and O–H groups in total. The van der Waals surface area contributed by atoms with E-state index in [-0.39, 0.29) is 11.8 Å². The summed E-state index contributed by atoms with van der Waals surface area (Å²) in [5, 5.41) is 0. The van der Waals surface area contributed by atoms with E-state index < -0.39 is 0 Å². The van der Waals surface area contributed by atoms with Crippen LogP contribution >= 0.6 is 11.8 Å². The number of rotatable bonds is 6. The van der Waals surface area contributed by atoms with Crippen molar-refractivity contribution in [1.82, 2.24) is 4.90 Å². The number of hydrogen-bond donors (Lipinski definition) is 0. The van der Waals surface area contributed by atoms with Gasteiger partial charge in [0.1, 0.15) is 0 Å². The lowest BCUT2D eigenvalue weighted by atomic mass is 10.0. The van der Waals surface area contributed by atoms with E-state index in [1.807, 2.05) is 18.9 Å². The second-order valence-electron chi connectivity index (χ2n) is 4.73. The molecular weight excluding hydrogens is 242 g/mol. The van der Waals surface area contributed by atoms with Gasteiger partial charge in [-0.1, -0.05) is 32.4 Å². The van der Waals surface area contributed by atoms with Gasteiger partial charge in [0.05, 0.1) is 0 Å². The average molecular weight is 265 g/mol. The van der Waals surface area contributed by atoms with Crippen molar-refractivity contribution in [1.29, 1.82) is 0 Å². The Hall–Kier alpha value is -0.960. The summed E-state index contributed by atoms with van der Waals surface area (Å²) in [6.45, 7) is 4.83. The van der Waals surface area contributed by atoms with E-state index in [0.29, 0.717) is 6.54 Å². The molecule has 0 bridgehead atoms. The standard InChI is InChI=1S/C15H23NOS/c1-5-6-12(2)15(17)16(3)11-13-7-9-14(18-4)10-8-13/h7-10,12H,5-6,11H2,1-4H3. The van der Waals surface area contributed by atoms with Gasteiger partial charge in [0.2, 0.25) is 5.91 Å². The predicted molar refractivity (Wildman–Crippen MR) is 78.8 cm³/mol. The first kappa shape index (κ1) is 15.1. The van der Waals surface area contributed by atoms with E-state index in [1.54, 1.807) is 11.8 Å². The van der Waals surface area contributed by atoms with E-state index in [4.69, 9.17) is 0 Å².